The number of nitrogens with zero attached hydrogens (tertiary/aromatic N) is 4. The van der Waals surface area contributed by atoms with Crippen molar-refractivity contribution in [2.75, 3.05) is 26.7 Å². The number of fused-ring (bicyclic) bond motifs is 1. The van der Waals surface area contributed by atoms with Crippen molar-refractivity contribution in [3.63, 3.8) is 0 Å². The van der Waals surface area contributed by atoms with Crippen molar-refractivity contribution in [2.24, 2.45) is 0 Å². The summed E-state index contributed by atoms with van der Waals surface area (Å²) in [6.45, 7) is 8.27. The number of aromatic nitrogens is 2. The lowest BCUT2D eigenvalue weighted by Gasteiger charge is -2.20. The highest BCUT2D eigenvalue weighted by molar-refractivity contribution is 6.02. The van der Waals surface area contributed by atoms with E-state index in [1.54, 1.807) is 22.5 Å². The quantitative estimate of drug-likeness (QED) is 0.690. The van der Waals surface area contributed by atoms with Gasteiger partial charge in [0.2, 0.25) is 5.82 Å². The van der Waals surface area contributed by atoms with Gasteiger partial charge in [0.1, 0.15) is 0 Å². The largest absolute Gasteiger partial charge is 0.339 e. The Morgan fingerprint density at radius 2 is 1.69 bits per heavy atom. The Morgan fingerprint density at radius 1 is 1.00 bits per heavy atom. The molecule has 0 bridgehead atoms. The summed E-state index contributed by atoms with van der Waals surface area (Å²) in [6.07, 6.45) is 5.54. The van der Waals surface area contributed by atoms with E-state index in [0.29, 0.717) is 36.7 Å². The van der Waals surface area contributed by atoms with Gasteiger partial charge in [0.25, 0.3) is 11.8 Å². The number of carbonyl (C=O) groups is 2. The number of hydrogen-bond acceptors (Lipinski definition) is 3. The Morgan fingerprint density at radius 3 is 2.31 bits per heavy atom. The van der Waals surface area contributed by atoms with E-state index < -0.39 is 0 Å². The molecule has 0 saturated heterocycles. The van der Waals surface area contributed by atoms with Gasteiger partial charge in [-0.3, -0.25) is 14.0 Å². The van der Waals surface area contributed by atoms with Crippen molar-refractivity contribution in [3.05, 3.63) is 35.9 Å². The second-order valence-corrected chi connectivity index (χ2v) is 6.61. The molecule has 0 aliphatic rings. The van der Waals surface area contributed by atoms with Crippen LogP contribution in [0.15, 0.2) is 24.4 Å². The highest BCUT2D eigenvalue weighted by Crippen LogP contribution is 2.17. The molecular weight excluding hydrogens is 328 g/mol. The second-order valence-electron chi connectivity index (χ2n) is 6.61. The van der Waals surface area contributed by atoms with E-state index in [-0.39, 0.29) is 11.8 Å². The molecule has 6 heteroatoms. The maximum absolute atomic E-state index is 13.0. The molecule has 0 radical (unpaired) electrons. The van der Waals surface area contributed by atoms with E-state index in [1.165, 1.54) is 0 Å². The van der Waals surface area contributed by atoms with Gasteiger partial charge >= 0.3 is 0 Å². The van der Waals surface area contributed by atoms with Gasteiger partial charge in [-0.15, -0.1) is 0 Å². The standard InChI is InChI=1S/C20H30N4O2/c1-5-8-14-22(4)20(26)18-21-17(16-11-9-10-15-24(16)18)19(25)23(12-6-2)13-7-3/h9-11,15H,5-8,12-14H2,1-4H3. The molecule has 0 saturated carbocycles. The number of unbranched alkanes of at least 4 members (excludes halogenated alkanes) is 1. The van der Waals surface area contributed by atoms with Crippen LogP contribution in [0.3, 0.4) is 0 Å². The van der Waals surface area contributed by atoms with Crippen LogP contribution < -0.4 is 0 Å². The molecule has 0 atom stereocenters. The van der Waals surface area contributed by atoms with Gasteiger partial charge in [-0.05, 0) is 31.4 Å². The predicted molar refractivity (Wildman–Crippen MR) is 104 cm³/mol. The Balaban J connectivity index is 2.43. The average molecular weight is 358 g/mol. The van der Waals surface area contributed by atoms with Gasteiger partial charge < -0.3 is 9.80 Å². The van der Waals surface area contributed by atoms with Crippen molar-refractivity contribution in [2.45, 2.75) is 46.5 Å². The summed E-state index contributed by atoms with van der Waals surface area (Å²) in [7, 11) is 1.78. The number of imidazole rings is 1. The summed E-state index contributed by atoms with van der Waals surface area (Å²) in [6, 6.07) is 5.56. The first-order valence-electron chi connectivity index (χ1n) is 9.56. The van der Waals surface area contributed by atoms with E-state index in [4.69, 9.17) is 0 Å². The second kappa shape index (κ2) is 9.36. The van der Waals surface area contributed by atoms with Crippen molar-refractivity contribution < 1.29 is 9.59 Å². The zero-order valence-corrected chi connectivity index (χ0v) is 16.4. The molecule has 0 unspecified atom stereocenters. The zero-order valence-electron chi connectivity index (χ0n) is 16.4. The van der Waals surface area contributed by atoms with E-state index in [2.05, 4.69) is 25.8 Å². The summed E-state index contributed by atoms with van der Waals surface area (Å²) < 4.78 is 1.73. The fourth-order valence-corrected chi connectivity index (χ4v) is 3.02. The van der Waals surface area contributed by atoms with Gasteiger partial charge in [0, 0.05) is 32.9 Å². The summed E-state index contributed by atoms with van der Waals surface area (Å²) in [4.78, 5) is 33.9. The lowest BCUT2D eigenvalue weighted by molar-refractivity contribution is 0.0751. The predicted octanol–water partition coefficient (Wildman–Crippen LogP) is 3.47. The van der Waals surface area contributed by atoms with Crippen LogP contribution in [0.4, 0.5) is 0 Å². The van der Waals surface area contributed by atoms with E-state index in [0.717, 1.165) is 25.7 Å². The minimum Gasteiger partial charge on any atom is -0.339 e. The third-order valence-electron chi connectivity index (χ3n) is 4.41. The SMILES string of the molecule is CCCCN(C)C(=O)c1nc(C(=O)N(CCC)CCC)c2ccccn12. The number of pyridine rings is 1. The zero-order chi connectivity index (χ0) is 19.1. The molecule has 0 aliphatic carbocycles. The van der Waals surface area contributed by atoms with Crippen molar-refractivity contribution >= 4 is 17.3 Å². The minimum absolute atomic E-state index is 0.104. The average Bonchev–Trinajstić information content (AvgIpc) is 3.04. The highest BCUT2D eigenvalue weighted by Gasteiger charge is 2.25. The first-order valence-corrected chi connectivity index (χ1v) is 9.56. The van der Waals surface area contributed by atoms with Crippen molar-refractivity contribution in [1.82, 2.24) is 19.2 Å². The molecule has 0 fully saturated rings. The Hall–Kier alpha value is -2.37. The summed E-state index contributed by atoms with van der Waals surface area (Å²) in [5, 5.41) is 0. The number of rotatable bonds is 9. The first kappa shape index (κ1) is 19.9. The summed E-state index contributed by atoms with van der Waals surface area (Å²) in [5.41, 5.74) is 1.04. The molecule has 0 spiro atoms. The molecule has 0 N–H and O–H groups in total. The van der Waals surface area contributed by atoms with Crippen LogP contribution in [-0.4, -0.2) is 57.7 Å². The van der Waals surface area contributed by atoms with E-state index >= 15 is 0 Å². The number of hydrogen-bond donors (Lipinski definition) is 0. The maximum Gasteiger partial charge on any atom is 0.289 e. The maximum atomic E-state index is 13.0. The third kappa shape index (κ3) is 4.23. The summed E-state index contributed by atoms with van der Waals surface area (Å²) in [5.74, 6) is 0.0411. The molecule has 6 nitrogen and oxygen atoms in total. The van der Waals surface area contributed by atoms with Gasteiger partial charge in [0.05, 0.1) is 5.52 Å². The molecule has 26 heavy (non-hydrogen) atoms. The molecule has 0 aromatic carbocycles. The van der Waals surface area contributed by atoms with Crippen LogP contribution in [0.1, 0.15) is 67.6 Å². The van der Waals surface area contributed by atoms with Crippen molar-refractivity contribution in [3.8, 4) is 0 Å². The van der Waals surface area contributed by atoms with Gasteiger partial charge in [-0.2, -0.15) is 0 Å². The molecule has 2 heterocycles. The van der Waals surface area contributed by atoms with Gasteiger partial charge in [-0.1, -0.05) is 33.3 Å². The normalized spacial score (nSPS) is 10.9. The van der Waals surface area contributed by atoms with E-state index in [9.17, 15) is 9.59 Å². The minimum atomic E-state index is -0.156. The highest BCUT2D eigenvalue weighted by atomic mass is 16.2. The third-order valence-corrected chi connectivity index (χ3v) is 4.41. The van der Waals surface area contributed by atoms with Gasteiger partial charge in [-0.25, -0.2) is 4.98 Å². The van der Waals surface area contributed by atoms with Crippen LogP contribution in [0, 0.1) is 0 Å². The fraction of sp³-hybridized carbons (Fsp3) is 0.550. The Kier molecular flexibility index (Phi) is 7.18. The fourth-order valence-electron chi connectivity index (χ4n) is 3.02. The Bertz CT molecular complexity index is 747. The molecule has 2 rings (SSSR count). The smallest absolute Gasteiger partial charge is 0.289 e. The molecule has 2 aromatic rings. The lowest BCUT2D eigenvalue weighted by atomic mass is 10.2. The van der Waals surface area contributed by atoms with Crippen LogP contribution in [0.2, 0.25) is 0 Å². The van der Waals surface area contributed by atoms with Crippen LogP contribution in [0.5, 0.6) is 0 Å². The molecular formula is C20H30N4O2. The molecule has 0 aliphatic heterocycles. The molecule has 2 aromatic heterocycles. The lowest BCUT2D eigenvalue weighted by Crippen LogP contribution is -2.33. The van der Waals surface area contributed by atoms with E-state index in [1.807, 2.05) is 23.1 Å². The monoisotopic (exact) mass is 358 g/mol. The first-order chi connectivity index (χ1) is 12.5. The number of amides is 2. The molecule has 2 amide bonds. The Labute approximate surface area is 155 Å². The topological polar surface area (TPSA) is 57.9 Å². The van der Waals surface area contributed by atoms with Crippen LogP contribution in [-0.2, 0) is 0 Å². The molecule has 142 valence electrons. The van der Waals surface area contributed by atoms with Crippen molar-refractivity contribution in [1.29, 1.82) is 0 Å². The van der Waals surface area contributed by atoms with Crippen LogP contribution >= 0.6 is 0 Å². The van der Waals surface area contributed by atoms with Crippen LogP contribution in [0.25, 0.3) is 5.52 Å². The summed E-state index contributed by atoms with van der Waals surface area (Å²) >= 11 is 0. The number of carbonyl (C=O) groups excluding carboxylic acids is 2. The van der Waals surface area contributed by atoms with Gasteiger partial charge in [0.15, 0.2) is 5.69 Å².